The van der Waals surface area contributed by atoms with E-state index in [1.54, 1.807) is 69.3 Å². The average Bonchev–Trinajstić information content (AvgIpc) is 2.05. The first-order valence-electron chi connectivity index (χ1n) is 29.6. The Hall–Kier alpha value is -8.85. The van der Waals surface area contributed by atoms with E-state index in [0.717, 1.165) is 27.8 Å². The lowest BCUT2D eigenvalue weighted by Gasteiger charge is -2.40. The summed E-state index contributed by atoms with van der Waals surface area (Å²) >= 11 is 0. The summed E-state index contributed by atoms with van der Waals surface area (Å²) in [5, 5.41) is 29.3. The Morgan fingerprint density at radius 2 is 1.41 bits per heavy atom. The molecule has 0 saturated carbocycles. The number of carbonyl (C=O) groups excluding carboxylic acids is 8. The molecule has 0 heterocycles. The summed E-state index contributed by atoms with van der Waals surface area (Å²) in [6, 6.07) is 23.8. The molecule has 4 rings (SSSR count). The van der Waals surface area contributed by atoms with E-state index in [-0.39, 0.29) is 75.2 Å². The Bertz CT molecular complexity index is 3130. The lowest BCUT2D eigenvalue weighted by Crippen LogP contribution is -2.61. The van der Waals surface area contributed by atoms with Gasteiger partial charge in [0.15, 0.2) is 0 Å². The number of primary amides is 1. The van der Waals surface area contributed by atoms with Gasteiger partial charge in [-0.1, -0.05) is 160 Å². The van der Waals surface area contributed by atoms with Gasteiger partial charge in [-0.25, -0.2) is 14.4 Å². The van der Waals surface area contributed by atoms with E-state index >= 15 is 0 Å². The van der Waals surface area contributed by atoms with Crippen molar-refractivity contribution < 1.29 is 53.0 Å². The molecular weight excluding hydrogens is 1120 g/mol. The second-order valence-electron chi connectivity index (χ2n) is 24.4. The van der Waals surface area contributed by atoms with Crippen LogP contribution >= 0.6 is 0 Å². The van der Waals surface area contributed by atoms with Gasteiger partial charge >= 0.3 is 18.1 Å². The molecule has 21 heteroatoms. The highest BCUT2D eigenvalue weighted by Gasteiger charge is 2.42. The van der Waals surface area contributed by atoms with E-state index in [1.165, 1.54) is 11.8 Å². The Labute approximate surface area is 518 Å². The highest BCUT2D eigenvalue weighted by molar-refractivity contribution is 5.99. The van der Waals surface area contributed by atoms with Crippen molar-refractivity contribution in [1.29, 1.82) is 0 Å². The lowest BCUT2D eigenvalue weighted by atomic mass is 9.76. The molecule has 0 saturated heterocycles. The van der Waals surface area contributed by atoms with Crippen LogP contribution in [0.4, 0.5) is 21.0 Å². The van der Waals surface area contributed by atoms with E-state index in [4.69, 9.17) is 10.5 Å². The van der Waals surface area contributed by atoms with Gasteiger partial charge in [-0.15, -0.1) is 0 Å². The number of urea groups is 1. The van der Waals surface area contributed by atoms with Crippen molar-refractivity contribution >= 4 is 71.0 Å². The quantitative estimate of drug-likeness (QED) is 0.0171. The van der Waals surface area contributed by atoms with E-state index in [9.17, 15) is 48.3 Å². The van der Waals surface area contributed by atoms with Gasteiger partial charge < -0.3 is 62.6 Å². The number of ether oxygens (including phenoxy) is 1. The molecule has 0 unspecified atom stereocenters. The predicted molar refractivity (Wildman–Crippen MR) is 342 cm³/mol. The van der Waals surface area contributed by atoms with Gasteiger partial charge in [0.1, 0.15) is 24.7 Å². The lowest BCUT2D eigenvalue weighted by molar-refractivity contribution is -0.141. The molecule has 4 aromatic carbocycles. The van der Waals surface area contributed by atoms with Gasteiger partial charge in [0.2, 0.25) is 35.4 Å². The van der Waals surface area contributed by atoms with E-state index in [0.29, 0.717) is 16.9 Å². The average molecular weight is 1210 g/mol. The topological polar surface area (TPSA) is 300 Å². The van der Waals surface area contributed by atoms with Crippen molar-refractivity contribution in [3.63, 3.8) is 0 Å². The Balaban J connectivity index is 1.36. The fourth-order valence-electron chi connectivity index (χ4n) is 10.1. The Morgan fingerprint density at radius 1 is 0.750 bits per heavy atom. The number of hydrogen-bond donors (Lipinski definition) is 9. The third kappa shape index (κ3) is 21.2. The number of aryl methyl sites for hydroxylation is 1. The van der Waals surface area contributed by atoms with Gasteiger partial charge in [-0.2, -0.15) is 0 Å². The van der Waals surface area contributed by atoms with Crippen LogP contribution in [0.1, 0.15) is 128 Å². The number of carboxylic acid groups (broad SMARTS) is 1. The minimum atomic E-state index is -1.12. The highest BCUT2D eigenvalue weighted by Crippen LogP contribution is 2.31. The molecular formula is C67H92N10O11. The summed E-state index contributed by atoms with van der Waals surface area (Å²) in [6.07, 6.45) is 2.56. The third-order valence-corrected chi connectivity index (χ3v) is 15.4. The van der Waals surface area contributed by atoms with Crippen LogP contribution < -0.4 is 47.9 Å². The number of benzene rings is 4. The Kier molecular flexibility index (Phi) is 27.1. The number of carboxylic acids is 1. The van der Waals surface area contributed by atoms with E-state index in [1.807, 2.05) is 128 Å². The van der Waals surface area contributed by atoms with Crippen LogP contribution in [0.25, 0.3) is 6.08 Å². The molecule has 10 N–H and O–H groups in total. The van der Waals surface area contributed by atoms with Crippen LogP contribution in [0.3, 0.4) is 0 Å². The summed E-state index contributed by atoms with van der Waals surface area (Å²) in [6.45, 7) is 24.3. The third-order valence-electron chi connectivity index (χ3n) is 15.4. The van der Waals surface area contributed by atoms with Gasteiger partial charge in [0.05, 0.1) is 18.6 Å². The molecule has 4 aromatic rings. The molecule has 0 fully saturated rings. The first kappa shape index (κ1) is 71.6. The fraction of sp³-hybridized carbons (Fsp3) is 0.448. The Morgan fingerprint density at radius 3 is 2.01 bits per heavy atom. The fourth-order valence-corrected chi connectivity index (χ4v) is 10.1. The molecule has 476 valence electrons. The van der Waals surface area contributed by atoms with Crippen molar-refractivity contribution in [3.05, 3.63) is 149 Å². The first-order valence-corrected chi connectivity index (χ1v) is 29.6. The second-order valence-corrected chi connectivity index (χ2v) is 24.4. The normalized spacial score (nSPS) is 13.4. The minimum absolute atomic E-state index is 0.0865. The number of alkyl carbamates (subject to hydrolysis) is 1. The van der Waals surface area contributed by atoms with Crippen molar-refractivity contribution in [1.82, 2.24) is 36.8 Å². The van der Waals surface area contributed by atoms with Gasteiger partial charge in [0, 0.05) is 55.3 Å². The summed E-state index contributed by atoms with van der Waals surface area (Å²) in [5.74, 6) is -4.43. The molecule has 5 atom stereocenters. The number of nitrogens with one attached hydrogen (secondary N) is 7. The van der Waals surface area contributed by atoms with Crippen LogP contribution in [0, 0.1) is 24.2 Å². The van der Waals surface area contributed by atoms with Gasteiger partial charge in [0.25, 0.3) is 0 Å². The molecule has 88 heavy (non-hydrogen) atoms. The maximum Gasteiger partial charge on any atom is 0.407 e. The zero-order valence-corrected chi connectivity index (χ0v) is 53.3. The van der Waals surface area contributed by atoms with Gasteiger partial charge in [-0.3, -0.25) is 28.8 Å². The standard InChI is InChI=1S/C67H92N10O11/c1-15-47-24-17-18-25-48(47)39-77(52-28-19-16-22-43(52)6)55(79)34-33-54(78)74-56(42(4)5)60(81)73-51(27-21-35-70-64(68)86)59(80)72-50-31-29-45(30-32-50)40-88-65(87)71-38-46-23-20-26-49(37-46)67(11,12)57(69-13)61(82)75-58(66(8,9)10)62(83)76(14)53(41(2)3)36-44(7)63(84)85/h15-20,22-26,28-32,36-37,41-42,51,53,56-58,69H,1,21,27,33-35,38-40H2,2-14H3,(H,71,87)(H,72,80)(H,73,81)(H,74,78)(H,75,82)(H,84,85)(H3,68,70,86)/b44-36+/t51-,53+,56-,57-,58+/m0/s1. The highest BCUT2D eigenvalue weighted by atomic mass is 16.5. The number of nitrogens with zero attached hydrogens (tertiary/aromatic N) is 2. The van der Waals surface area contributed by atoms with Crippen LogP contribution in [0.2, 0.25) is 0 Å². The van der Waals surface area contributed by atoms with Crippen LogP contribution in [0.5, 0.6) is 0 Å². The maximum absolute atomic E-state index is 14.2. The van der Waals surface area contributed by atoms with Crippen LogP contribution in [-0.4, -0.2) is 114 Å². The molecule has 0 aliphatic heterocycles. The molecule has 0 spiro atoms. The zero-order chi connectivity index (χ0) is 65.6. The predicted octanol–water partition coefficient (Wildman–Crippen LogP) is 8.00. The van der Waals surface area contributed by atoms with Gasteiger partial charge in [-0.05, 0) is 103 Å². The number of amides is 9. The smallest absolute Gasteiger partial charge is 0.407 e. The summed E-state index contributed by atoms with van der Waals surface area (Å²) in [4.78, 5) is 123. The van der Waals surface area contributed by atoms with Crippen molar-refractivity contribution in [2.45, 2.75) is 157 Å². The molecule has 0 aliphatic rings. The number of nitrogens with two attached hydrogens (primary N) is 1. The molecule has 0 bridgehead atoms. The second kappa shape index (κ2) is 33.3. The number of rotatable bonds is 31. The minimum Gasteiger partial charge on any atom is -0.478 e. The van der Waals surface area contributed by atoms with E-state index in [2.05, 4.69) is 43.8 Å². The summed E-state index contributed by atoms with van der Waals surface area (Å²) in [7, 11) is 3.27. The molecule has 0 radical (unpaired) electrons. The van der Waals surface area contributed by atoms with Crippen LogP contribution in [-0.2, 0) is 63.4 Å². The number of anilines is 2. The number of likely N-dealkylation sites (N-methyl/N-ethyl adjacent to an activating group) is 2. The molecule has 0 aromatic heterocycles. The van der Waals surface area contributed by atoms with Crippen molar-refractivity contribution in [2.24, 2.45) is 23.0 Å². The van der Waals surface area contributed by atoms with E-state index < -0.39 is 88.7 Å². The largest absolute Gasteiger partial charge is 0.478 e. The monoisotopic (exact) mass is 1210 g/mol. The maximum atomic E-state index is 14.2. The molecule has 0 aliphatic carbocycles. The number of para-hydroxylation sites is 1. The molecule has 9 amide bonds. The summed E-state index contributed by atoms with van der Waals surface area (Å²) in [5.41, 5.74) is 9.61. The summed E-state index contributed by atoms with van der Waals surface area (Å²) < 4.78 is 5.53. The molecule has 21 nitrogen and oxygen atoms in total. The van der Waals surface area contributed by atoms with Crippen molar-refractivity contribution in [3.8, 4) is 0 Å². The van der Waals surface area contributed by atoms with Crippen molar-refractivity contribution in [2.75, 3.05) is 30.9 Å². The number of carbonyl (C=O) groups is 9. The zero-order valence-electron chi connectivity index (χ0n) is 53.3. The number of hydrogen-bond acceptors (Lipinski definition) is 11. The SMILES string of the molecule is C=Cc1ccccc1CN(C(=O)CCC(=O)N[C@H](C(=O)N[C@@H](CCCNC(N)=O)C(=O)Nc1ccc(COC(=O)NCc2cccc(C(C)(C)[C@@H](NC)C(=O)N[C@H](C(=O)N(C)[C@H](/C=C(\C)C(=O)O)C(C)C)C(C)(C)C)c2)cc1)C(C)C)c1ccccc1C. The first-order chi connectivity index (χ1) is 41.4. The number of aliphatic carboxylic acids is 1. The van der Waals surface area contributed by atoms with Crippen LogP contribution in [0.15, 0.2) is 115 Å².